The van der Waals surface area contributed by atoms with Gasteiger partial charge in [-0.3, -0.25) is 24.2 Å². The number of fused-ring (bicyclic) bond motifs is 3. The highest BCUT2D eigenvalue weighted by molar-refractivity contribution is 6.24. The summed E-state index contributed by atoms with van der Waals surface area (Å²) < 4.78 is 12.6. The summed E-state index contributed by atoms with van der Waals surface area (Å²) in [5, 5.41) is 15.9. The van der Waals surface area contributed by atoms with E-state index in [2.05, 4.69) is 46.1 Å². The van der Waals surface area contributed by atoms with Crippen LogP contribution in [0.15, 0.2) is 176 Å². The molecule has 6 aromatic rings. The first kappa shape index (κ1) is 47.3. The normalized spacial score (nSPS) is 21.8. The fraction of sp³-hybridized carbons (Fsp3) is 0.241. The van der Waals surface area contributed by atoms with Gasteiger partial charge >= 0.3 is 12.0 Å². The van der Waals surface area contributed by atoms with Crippen LogP contribution in [-0.4, -0.2) is 78.1 Å². The molecule has 3 heterocycles. The molecule has 12 nitrogen and oxygen atoms in total. The van der Waals surface area contributed by atoms with Gasteiger partial charge in [0.25, 0.3) is 0 Å². The quantitative estimate of drug-likeness (QED) is 0.0564. The average molecular weight is 934 g/mol. The van der Waals surface area contributed by atoms with Gasteiger partial charge in [-0.05, 0) is 77.7 Å². The van der Waals surface area contributed by atoms with Crippen LogP contribution < -0.4 is 20.3 Å². The number of imide groups is 1. The van der Waals surface area contributed by atoms with Crippen molar-refractivity contribution in [3.8, 4) is 17.6 Å². The number of carbonyl (C=O) groups is 4. The summed E-state index contributed by atoms with van der Waals surface area (Å²) in [5.41, 5.74) is 3.10. The molecule has 4 amide bonds. The van der Waals surface area contributed by atoms with E-state index in [0.29, 0.717) is 41.1 Å². The summed E-state index contributed by atoms with van der Waals surface area (Å²) >= 11 is 0. The smallest absolute Gasteiger partial charge is 0.329 e. The molecular weight excluding hydrogens is 879 g/mol. The fourth-order valence-corrected chi connectivity index (χ4v) is 10.5. The molecule has 0 aromatic heterocycles. The molecule has 6 aromatic carbocycles. The van der Waals surface area contributed by atoms with Crippen LogP contribution in [0.1, 0.15) is 70.1 Å². The molecule has 2 fully saturated rings. The number of amides is 4. The van der Waals surface area contributed by atoms with Gasteiger partial charge in [0.2, 0.25) is 11.8 Å². The number of aliphatic hydroxyl groups is 1. The lowest BCUT2D eigenvalue weighted by Gasteiger charge is -2.46. The summed E-state index contributed by atoms with van der Waals surface area (Å²) in [6.45, 7) is 6.55. The minimum atomic E-state index is -1.99. The number of urea groups is 1. The van der Waals surface area contributed by atoms with Gasteiger partial charge in [-0.2, -0.15) is 0 Å². The number of rotatable bonds is 14. The Morgan fingerprint density at radius 1 is 0.843 bits per heavy atom. The summed E-state index contributed by atoms with van der Waals surface area (Å²) in [5.74, 6) is 3.53. The molecule has 3 aliphatic heterocycles. The lowest BCUT2D eigenvalue weighted by molar-refractivity contribution is -0.178. The second-order valence-electron chi connectivity index (χ2n) is 17.9. The number of anilines is 1. The van der Waals surface area contributed by atoms with Crippen LogP contribution in [0.5, 0.6) is 5.75 Å². The van der Waals surface area contributed by atoms with Crippen molar-refractivity contribution >= 4 is 29.5 Å². The molecule has 70 heavy (non-hydrogen) atoms. The van der Waals surface area contributed by atoms with Crippen LogP contribution >= 0.6 is 0 Å². The number of aliphatic hydroxyl groups excluding tert-OH is 1. The predicted molar refractivity (Wildman–Crippen MR) is 267 cm³/mol. The van der Waals surface area contributed by atoms with Gasteiger partial charge in [0.05, 0.1) is 42.9 Å². The highest BCUT2D eigenvalue weighted by Crippen LogP contribution is 2.66. The van der Waals surface area contributed by atoms with Gasteiger partial charge in [-0.15, -0.1) is 6.58 Å². The van der Waals surface area contributed by atoms with Gasteiger partial charge in [0.15, 0.2) is 0 Å². The van der Waals surface area contributed by atoms with Crippen LogP contribution in [0.25, 0.3) is 0 Å². The lowest BCUT2D eigenvalue weighted by atomic mass is 9.65. The zero-order valence-electron chi connectivity index (χ0n) is 39.1. The molecule has 9 rings (SSSR count). The van der Waals surface area contributed by atoms with Crippen molar-refractivity contribution in [1.29, 1.82) is 0 Å². The minimum absolute atomic E-state index is 0.00882. The van der Waals surface area contributed by atoms with Gasteiger partial charge in [-0.1, -0.05) is 151 Å². The van der Waals surface area contributed by atoms with E-state index in [4.69, 9.17) is 9.47 Å². The fourth-order valence-electron chi connectivity index (χ4n) is 10.5. The molecule has 0 saturated carbocycles. The molecule has 0 bridgehead atoms. The van der Waals surface area contributed by atoms with Crippen molar-refractivity contribution in [2.24, 2.45) is 5.92 Å². The van der Waals surface area contributed by atoms with Crippen LogP contribution in [0, 0.1) is 17.8 Å². The van der Waals surface area contributed by atoms with Gasteiger partial charge in [0.1, 0.15) is 29.9 Å². The van der Waals surface area contributed by atoms with Crippen LogP contribution in [-0.2, 0) is 31.1 Å². The van der Waals surface area contributed by atoms with Crippen molar-refractivity contribution in [1.82, 2.24) is 20.4 Å². The SMILES string of the molecule is C=CCNC(=O)[C@@H]1[C@H]2C(=O)O[C@H](c3ccccc3)[C@H](c3ccccc3)N2[C@H](c2cccc(OCCO)c2)[C@@]12C(=O)N(C(=O)N[C@H](C)c1ccccc1)c1ccc(C#CCN(C)Cc3ccccc3)cc12. The van der Waals surface area contributed by atoms with E-state index in [1.54, 1.807) is 36.4 Å². The molecule has 3 aliphatic rings. The highest BCUT2D eigenvalue weighted by Gasteiger charge is 2.75. The van der Waals surface area contributed by atoms with E-state index in [0.717, 1.165) is 21.6 Å². The van der Waals surface area contributed by atoms with Gasteiger partial charge in [-0.25, -0.2) is 9.69 Å². The Bertz CT molecular complexity index is 2930. The first-order chi connectivity index (χ1) is 34.1. The number of esters is 1. The standard InChI is InChI=1S/C58H55N5O7/c1-4-32-59-54(65)49-51-55(66)70-52(44-26-15-8-16-27-44)50(43-24-13-7-14-25-43)63(51)53(45-28-17-29-46(37-45)69-35-34-64)58(49)47-36-40(21-18-33-61(3)38-41-19-9-5-10-20-41)30-31-48(47)62(56(58)67)57(68)60-39(2)42-22-11-6-12-23-42/h4-17,19-20,22-31,36-37,39,49-53,64H,1,32-35,38H2,2-3H3,(H,59,65)(H,60,68)/t39-,49+,50+,51+,52-,53-,58+/m1/s1. The third kappa shape index (κ3) is 8.98. The third-order valence-electron chi connectivity index (χ3n) is 13.4. The Morgan fingerprint density at radius 2 is 1.50 bits per heavy atom. The minimum Gasteiger partial charge on any atom is -0.491 e. The van der Waals surface area contributed by atoms with E-state index in [1.807, 2.05) is 134 Å². The van der Waals surface area contributed by atoms with E-state index in [9.17, 15) is 5.11 Å². The molecular formula is C58H55N5O7. The monoisotopic (exact) mass is 933 g/mol. The number of morpholine rings is 1. The van der Waals surface area contributed by atoms with Crippen LogP contribution in [0.2, 0.25) is 0 Å². The van der Waals surface area contributed by atoms with E-state index >= 15 is 19.2 Å². The Morgan fingerprint density at radius 3 is 2.19 bits per heavy atom. The molecule has 354 valence electrons. The molecule has 0 unspecified atom stereocenters. The summed E-state index contributed by atoms with van der Waals surface area (Å²) in [7, 11) is 1.99. The van der Waals surface area contributed by atoms with Crippen molar-refractivity contribution in [3.63, 3.8) is 0 Å². The molecule has 2 saturated heterocycles. The van der Waals surface area contributed by atoms with Crippen molar-refractivity contribution in [2.45, 2.75) is 49.2 Å². The molecule has 3 N–H and O–H groups in total. The first-order valence-electron chi connectivity index (χ1n) is 23.5. The number of ether oxygens (including phenoxy) is 2. The number of hydrogen-bond acceptors (Lipinski definition) is 9. The topological polar surface area (TPSA) is 141 Å². The zero-order chi connectivity index (χ0) is 48.8. The number of nitrogens with one attached hydrogen (secondary N) is 2. The van der Waals surface area contributed by atoms with Crippen molar-refractivity contribution < 1.29 is 33.8 Å². The predicted octanol–water partition coefficient (Wildman–Crippen LogP) is 7.98. The average Bonchev–Trinajstić information content (AvgIpc) is 3.84. The van der Waals surface area contributed by atoms with E-state index in [1.165, 1.54) is 6.08 Å². The first-order valence-corrected chi connectivity index (χ1v) is 23.5. The lowest BCUT2D eigenvalue weighted by Crippen LogP contribution is -2.56. The molecule has 7 atom stereocenters. The van der Waals surface area contributed by atoms with Crippen molar-refractivity contribution in [2.75, 3.05) is 38.3 Å². The summed E-state index contributed by atoms with van der Waals surface area (Å²) in [4.78, 5) is 67.7. The Hall–Kier alpha value is -7.82. The highest BCUT2D eigenvalue weighted by atomic mass is 16.6. The van der Waals surface area contributed by atoms with Crippen molar-refractivity contribution in [3.05, 3.63) is 215 Å². The molecule has 1 spiro atoms. The molecule has 0 radical (unpaired) electrons. The third-order valence-corrected chi connectivity index (χ3v) is 13.4. The zero-order valence-corrected chi connectivity index (χ0v) is 39.1. The van der Waals surface area contributed by atoms with Gasteiger partial charge in [0, 0.05) is 18.7 Å². The Kier molecular flexibility index (Phi) is 14.0. The molecule has 12 heteroatoms. The Labute approximate surface area is 408 Å². The summed E-state index contributed by atoms with van der Waals surface area (Å²) in [6.07, 6.45) is 0.633. The number of hydrogen-bond donors (Lipinski definition) is 3. The number of cyclic esters (lactones) is 1. The molecule has 0 aliphatic carbocycles. The van der Waals surface area contributed by atoms with E-state index in [-0.39, 0.29) is 25.4 Å². The van der Waals surface area contributed by atoms with Gasteiger partial charge < -0.3 is 25.2 Å². The van der Waals surface area contributed by atoms with Crippen LogP contribution in [0.3, 0.4) is 0 Å². The maximum atomic E-state index is 16.6. The maximum absolute atomic E-state index is 16.6. The second kappa shape index (κ2) is 20.8. The number of benzene rings is 6. The number of carbonyl (C=O) groups excluding carboxylic acids is 4. The summed E-state index contributed by atoms with van der Waals surface area (Å²) in [6, 6.07) is 46.5. The van der Waals surface area contributed by atoms with Crippen LogP contribution in [0.4, 0.5) is 10.5 Å². The number of nitrogens with zero attached hydrogens (tertiary/aromatic N) is 3. The Balaban J connectivity index is 1.30. The van der Waals surface area contributed by atoms with E-state index < -0.39 is 65.4 Å². The second-order valence-corrected chi connectivity index (χ2v) is 17.9. The largest absolute Gasteiger partial charge is 0.491 e. The maximum Gasteiger partial charge on any atom is 0.329 e.